The fraction of sp³-hybridized carbons (Fsp3) is 0.381. The normalized spacial score (nSPS) is 14.5. The minimum Gasteiger partial charge on any atom is -0.372 e. The van der Waals surface area contributed by atoms with Crippen molar-refractivity contribution in [2.24, 2.45) is 0 Å². The number of rotatable bonds is 6. The van der Waals surface area contributed by atoms with Gasteiger partial charge in [-0.2, -0.15) is 0 Å². The number of aryl methyl sites for hydroxylation is 1. The quantitative estimate of drug-likeness (QED) is 0.743. The molecule has 0 aliphatic carbocycles. The van der Waals surface area contributed by atoms with Gasteiger partial charge in [-0.3, -0.25) is 9.10 Å². The lowest BCUT2D eigenvalue weighted by atomic mass is 10.1. The highest BCUT2D eigenvalue weighted by Gasteiger charge is 2.23. The number of nitrogens with one attached hydrogen (secondary N) is 1. The van der Waals surface area contributed by atoms with Gasteiger partial charge < -0.3 is 10.2 Å². The van der Waals surface area contributed by atoms with Crippen LogP contribution in [0.25, 0.3) is 0 Å². The van der Waals surface area contributed by atoms with Gasteiger partial charge in [0.25, 0.3) is 0 Å². The van der Waals surface area contributed by atoms with E-state index in [0.717, 1.165) is 34.9 Å². The lowest BCUT2D eigenvalue weighted by Gasteiger charge is -2.29. The van der Waals surface area contributed by atoms with Crippen LogP contribution in [0.4, 0.5) is 17.1 Å². The number of piperidine rings is 1. The van der Waals surface area contributed by atoms with E-state index in [1.54, 1.807) is 25.1 Å². The fourth-order valence-corrected chi connectivity index (χ4v) is 4.54. The molecule has 3 rings (SSSR count). The van der Waals surface area contributed by atoms with Gasteiger partial charge in [-0.25, -0.2) is 8.42 Å². The highest BCUT2D eigenvalue weighted by atomic mass is 35.5. The Kier molecular flexibility index (Phi) is 6.70. The summed E-state index contributed by atoms with van der Waals surface area (Å²) in [4.78, 5) is 14.9. The van der Waals surface area contributed by atoms with Gasteiger partial charge in [0, 0.05) is 29.5 Å². The maximum Gasteiger partial charge on any atom is 0.245 e. The van der Waals surface area contributed by atoms with Crippen molar-refractivity contribution in [2.75, 3.05) is 40.4 Å². The second kappa shape index (κ2) is 9.05. The Labute approximate surface area is 177 Å². The van der Waals surface area contributed by atoms with Crippen LogP contribution in [-0.2, 0) is 14.8 Å². The minimum absolute atomic E-state index is 0.326. The molecule has 0 spiro atoms. The highest BCUT2D eigenvalue weighted by Crippen LogP contribution is 2.26. The molecule has 2 aromatic carbocycles. The maximum atomic E-state index is 12.6. The number of nitrogens with zero attached hydrogens (tertiary/aromatic N) is 2. The van der Waals surface area contributed by atoms with Gasteiger partial charge in [0.05, 0.1) is 11.9 Å². The van der Waals surface area contributed by atoms with Gasteiger partial charge in [-0.05, 0) is 68.1 Å². The predicted octanol–water partition coefficient (Wildman–Crippen LogP) is 4.04. The van der Waals surface area contributed by atoms with E-state index in [2.05, 4.69) is 10.2 Å². The Hall–Kier alpha value is -2.25. The zero-order chi connectivity index (χ0) is 21.0. The molecular weight excluding hydrogens is 410 g/mol. The molecule has 1 fully saturated rings. The summed E-state index contributed by atoms with van der Waals surface area (Å²) < 4.78 is 25.7. The van der Waals surface area contributed by atoms with Gasteiger partial charge in [0.1, 0.15) is 6.54 Å². The number of sulfonamides is 1. The van der Waals surface area contributed by atoms with Crippen molar-refractivity contribution >= 4 is 44.6 Å². The van der Waals surface area contributed by atoms with Crippen LogP contribution in [0, 0.1) is 6.92 Å². The molecule has 0 radical (unpaired) electrons. The van der Waals surface area contributed by atoms with Crippen molar-refractivity contribution in [1.82, 2.24) is 0 Å². The number of carbonyl (C=O) groups is 1. The average molecular weight is 436 g/mol. The molecule has 0 aromatic heterocycles. The summed E-state index contributed by atoms with van der Waals surface area (Å²) in [7, 11) is -3.66. The second-order valence-electron chi connectivity index (χ2n) is 7.34. The van der Waals surface area contributed by atoms with E-state index in [4.69, 9.17) is 11.6 Å². The average Bonchev–Trinajstić information content (AvgIpc) is 2.68. The number of hydrogen-bond donors (Lipinski definition) is 1. The first-order chi connectivity index (χ1) is 13.7. The molecule has 156 valence electrons. The van der Waals surface area contributed by atoms with Gasteiger partial charge >= 0.3 is 0 Å². The summed E-state index contributed by atoms with van der Waals surface area (Å²) in [5, 5.41) is 3.19. The van der Waals surface area contributed by atoms with Gasteiger partial charge in [0.2, 0.25) is 15.9 Å². The third-order valence-corrected chi connectivity index (χ3v) is 6.36. The molecule has 1 saturated heterocycles. The number of benzene rings is 2. The molecule has 0 unspecified atom stereocenters. The third-order valence-electron chi connectivity index (χ3n) is 5.00. The Balaban J connectivity index is 1.71. The number of anilines is 3. The molecule has 1 amide bonds. The largest absolute Gasteiger partial charge is 0.372 e. The zero-order valence-electron chi connectivity index (χ0n) is 16.7. The molecule has 8 heteroatoms. The summed E-state index contributed by atoms with van der Waals surface area (Å²) in [6.45, 7) is 3.55. The van der Waals surface area contributed by atoms with Gasteiger partial charge in [-0.15, -0.1) is 0 Å². The molecule has 1 N–H and O–H groups in total. The van der Waals surface area contributed by atoms with Crippen LogP contribution < -0.4 is 14.5 Å². The molecule has 6 nitrogen and oxygen atoms in total. The van der Waals surface area contributed by atoms with E-state index < -0.39 is 15.9 Å². The van der Waals surface area contributed by atoms with Crippen LogP contribution in [0.3, 0.4) is 0 Å². The van der Waals surface area contributed by atoms with E-state index in [1.165, 1.54) is 19.3 Å². The lowest BCUT2D eigenvalue weighted by molar-refractivity contribution is -0.114. The van der Waals surface area contributed by atoms with Crippen molar-refractivity contribution in [3.63, 3.8) is 0 Å². The van der Waals surface area contributed by atoms with E-state index in [9.17, 15) is 13.2 Å². The molecular formula is C21H26ClN3O3S. The third kappa shape index (κ3) is 5.64. The minimum atomic E-state index is -3.66. The molecule has 1 aliphatic heterocycles. The fourth-order valence-electron chi connectivity index (χ4n) is 3.47. The first kappa shape index (κ1) is 21.5. The van der Waals surface area contributed by atoms with E-state index in [1.807, 2.05) is 24.3 Å². The molecule has 29 heavy (non-hydrogen) atoms. The molecule has 0 saturated carbocycles. The monoisotopic (exact) mass is 435 g/mol. The topological polar surface area (TPSA) is 69.7 Å². The van der Waals surface area contributed by atoms with Gasteiger partial charge in [0.15, 0.2) is 0 Å². The molecule has 0 atom stereocenters. The Morgan fingerprint density at radius 3 is 2.38 bits per heavy atom. The number of carbonyl (C=O) groups excluding carboxylic acids is 1. The number of hydrogen-bond acceptors (Lipinski definition) is 4. The van der Waals surface area contributed by atoms with Crippen molar-refractivity contribution in [3.05, 3.63) is 53.1 Å². The first-order valence-corrected chi connectivity index (χ1v) is 11.9. The van der Waals surface area contributed by atoms with Crippen LogP contribution in [0.5, 0.6) is 0 Å². The van der Waals surface area contributed by atoms with E-state index in [-0.39, 0.29) is 6.54 Å². The van der Waals surface area contributed by atoms with Crippen LogP contribution in [0.15, 0.2) is 42.5 Å². The van der Waals surface area contributed by atoms with Crippen molar-refractivity contribution in [1.29, 1.82) is 0 Å². The summed E-state index contributed by atoms with van der Waals surface area (Å²) in [6, 6.07) is 12.6. The summed E-state index contributed by atoms with van der Waals surface area (Å²) in [5.74, 6) is -0.416. The Morgan fingerprint density at radius 1 is 1.10 bits per heavy atom. The Morgan fingerprint density at radius 2 is 1.76 bits per heavy atom. The molecule has 1 aliphatic rings. The standard InChI is InChI=1S/C21H26ClN3O3S/c1-16-6-7-17(22)14-20(16)25(29(2,27)28)15-21(26)23-18-8-10-19(11-9-18)24-12-4-3-5-13-24/h6-11,14H,3-5,12-13,15H2,1-2H3,(H,23,26). The summed E-state index contributed by atoms with van der Waals surface area (Å²) in [5.41, 5.74) is 2.89. The van der Waals surface area contributed by atoms with Crippen molar-refractivity contribution < 1.29 is 13.2 Å². The van der Waals surface area contributed by atoms with Crippen LogP contribution in [-0.4, -0.2) is 40.2 Å². The number of amides is 1. The Bertz CT molecular complexity index is 971. The van der Waals surface area contributed by atoms with Crippen molar-refractivity contribution in [2.45, 2.75) is 26.2 Å². The zero-order valence-corrected chi connectivity index (χ0v) is 18.3. The summed E-state index contributed by atoms with van der Waals surface area (Å²) >= 11 is 6.03. The van der Waals surface area contributed by atoms with Crippen LogP contribution >= 0.6 is 11.6 Å². The molecule has 1 heterocycles. The highest BCUT2D eigenvalue weighted by molar-refractivity contribution is 7.92. The van der Waals surface area contributed by atoms with Gasteiger partial charge in [-0.1, -0.05) is 17.7 Å². The first-order valence-electron chi connectivity index (χ1n) is 9.63. The smallest absolute Gasteiger partial charge is 0.245 e. The van der Waals surface area contributed by atoms with Crippen molar-refractivity contribution in [3.8, 4) is 0 Å². The predicted molar refractivity (Wildman–Crippen MR) is 120 cm³/mol. The molecule has 2 aromatic rings. The number of halogens is 1. The summed E-state index contributed by atoms with van der Waals surface area (Å²) in [6.07, 6.45) is 4.74. The lowest BCUT2D eigenvalue weighted by Crippen LogP contribution is -2.37. The van der Waals surface area contributed by atoms with Crippen LogP contribution in [0.1, 0.15) is 24.8 Å². The SMILES string of the molecule is Cc1ccc(Cl)cc1N(CC(=O)Nc1ccc(N2CCCCC2)cc1)S(C)(=O)=O. The van der Waals surface area contributed by atoms with Crippen LogP contribution in [0.2, 0.25) is 5.02 Å². The van der Waals surface area contributed by atoms with E-state index in [0.29, 0.717) is 16.4 Å². The maximum absolute atomic E-state index is 12.6. The second-order valence-corrected chi connectivity index (χ2v) is 9.69. The van der Waals surface area contributed by atoms with E-state index >= 15 is 0 Å². The molecule has 0 bridgehead atoms.